The first-order valence-corrected chi connectivity index (χ1v) is 15.5. The van der Waals surface area contributed by atoms with Gasteiger partial charge in [-0.05, 0) is 49.9 Å². The fourth-order valence-electron chi connectivity index (χ4n) is 6.85. The summed E-state index contributed by atoms with van der Waals surface area (Å²) in [7, 11) is 0. The first kappa shape index (κ1) is 31.7. The van der Waals surface area contributed by atoms with E-state index in [2.05, 4.69) is 10.3 Å². The summed E-state index contributed by atoms with van der Waals surface area (Å²) in [6, 6.07) is 3.64. The molecule has 0 spiro atoms. The maximum absolute atomic E-state index is 14.9. The maximum Gasteiger partial charge on any atom is 0.417 e. The van der Waals surface area contributed by atoms with Gasteiger partial charge in [-0.2, -0.15) is 18.2 Å². The van der Waals surface area contributed by atoms with E-state index in [1.165, 1.54) is 33.4 Å². The summed E-state index contributed by atoms with van der Waals surface area (Å²) >= 11 is 1.20. The predicted molar refractivity (Wildman–Crippen MR) is 156 cm³/mol. The van der Waals surface area contributed by atoms with Crippen LogP contribution in [0.4, 0.5) is 31.1 Å². The number of likely N-dealkylation sites (tertiary alicyclic amines) is 1. The van der Waals surface area contributed by atoms with Crippen LogP contribution in [0.15, 0.2) is 40.0 Å². The quantitative estimate of drug-likeness (QED) is 0.330. The fraction of sp³-hybridized carbons (Fsp3) is 0.500. The highest BCUT2D eigenvalue weighted by Gasteiger charge is 2.42. The summed E-state index contributed by atoms with van der Waals surface area (Å²) in [5.41, 5.74) is -1.47. The van der Waals surface area contributed by atoms with Crippen LogP contribution in [0.25, 0.3) is 22.0 Å². The Morgan fingerprint density at radius 1 is 1.13 bits per heavy atom. The van der Waals surface area contributed by atoms with E-state index in [1.54, 1.807) is 18.7 Å². The Morgan fingerprint density at radius 2 is 1.82 bits per heavy atom. The van der Waals surface area contributed by atoms with Gasteiger partial charge in [-0.25, -0.2) is 22.8 Å². The normalized spacial score (nSPS) is 24.3. The molecule has 2 saturated heterocycles. The van der Waals surface area contributed by atoms with Crippen molar-refractivity contribution in [1.29, 1.82) is 0 Å². The molecule has 2 fully saturated rings. The van der Waals surface area contributed by atoms with Crippen LogP contribution in [0.2, 0.25) is 0 Å². The largest absolute Gasteiger partial charge is 0.465 e. The summed E-state index contributed by atoms with van der Waals surface area (Å²) in [5.74, 6) is -0.597. The number of nitrogens with zero attached hydrogens (tertiary/aromatic N) is 4. The van der Waals surface area contributed by atoms with E-state index >= 15 is 0 Å². The molecule has 0 radical (unpaired) electrons. The Hall–Kier alpha value is -3.30. The van der Waals surface area contributed by atoms with Crippen molar-refractivity contribution in [3.05, 3.63) is 57.9 Å². The van der Waals surface area contributed by atoms with E-state index in [1.807, 2.05) is 0 Å². The number of hydrogen-bond acceptors (Lipinski definition) is 6. The summed E-state index contributed by atoms with van der Waals surface area (Å²) in [6.45, 7) is 4.14. The Morgan fingerprint density at radius 3 is 2.44 bits per heavy atom. The molecular formula is C30H31F6N5O3S. The molecule has 8 nitrogen and oxygen atoms in total. The fourth-order valence-corrected chi connectivity index (χ4v) is 8.45. The molecule has 242 valence electrons. The number of benzene rings is 2. The average molecular weight is 656 g/mol. The third-order valence-electron chi connectivity index (χ3n) is 8.83. The number of thioether (sulfide) groups is 1. The number of carbonyl (C=O) groups is 1. The highest BCUT2D eigenvalue weighted by Crippen LogP contribution is 2.50. The van der Waals surface area contributed by atoms with Crippen LogP contribution in [0.3, 0.4) is 0 Å². The molecule has 2 N–H and O–H groups in total. The van der Waals surface area contributed by atoms with E-state index in [0.717, 1.165) is 18.2 Å². The van der Waals surface area contributed by atoms with Crippen molar-refractivity contribution in [2.75, 3.05) is 26.2 Å². The minimum absolute atomic E-state index is 0.0228. The molecule has 1 aromatic heterocycles. The number of hydrogen-bond donors (Lipinski definition) is 2. The number of halogens is 6. The van der Waals surface area contributed by atoms with Crippen LogP contribution < -0.4 is 11.0 Å². The van der Waals surface area contributed by atoms with Crippen LogP contribution >= 0.6 is 11.8 Å². The van der Waals surface area contributed by atoms with Crippen molar-refractivity contribution in [1.82, 2.24) is 24.7 Å². The van der Waals surface area contributed by atoms with Crippen molar-refractivity contribution >= 4 is 28.8 Å². The first-order valence-electron chi connectivity index (χ1n) is 14.6. The van der Waals surface area contributed by atoms with Gasteiger partial charge in [0, 0.05) is 53.3 Å². The van der Waals surface area contributed by atoms with Crippen molar-refractivity contribution in [2.45, 2.75) is 67.7 Å². The molecule has 0 aliphatic carbocycles. The standard InChI is InChI=1S/C30H31F6N5O3S/c1-14-9-40(29(43)44)15(2)24(37-14)25-20-8-21(30(34,35)36)23(17-3-5-18(31)6-4-17)27-26(20)41(28(42)38-25)12-19(45-27)7-16-10-39(11-16)13-22(32)33/h3-6,8,14-16,19,22,24,37H,7,9-13H2,1-2H3,(H,43,44)/t14?,15-,19?,24?/m0/s1. The molecule has 1 amide bonds. The zero-order valence-corrected chi connectivity index (χ0v) is 25.1. The van der Waals surface area contributed by atoms with Gasteiger partial charge >= 0.3 is 18.0 Å². The Kier molecular flexibility index (Phi) is 8.31. The Labute approximate surface area is 258 Å². The lowest BCUT2D eigenvalue weighted by molar-refractivity contribution is -0.137. The third kappa shape index (κ3) is 6.01. The lowest BCUT2D eigenvalue weighted by atomic mass is 9.91. The minimum atomic E-state index is -4.85. The van der Waals surface area contributed by atoms with E-state index < -0.39 is 47.8 Å². The molecule has 3 aliphatic heterocycles. The Bertz CT molecular complexity index is 1680. The Balaban J connectivity index is 1.53. The van der Waals surface area contributed by atoms with Crippen LogP contribution in [0.5, 0.6) is 0 Å². The van der Waals surface area contributed by atoms with Crippen molar-refractivity contribution in [3.8, 4) is 11.1 Å². The van der Waals surface area contributed by atoms with Gasteiger partial charge in [-0.3, -0.25) is 9.47 Å². The maximum atomic E-state index is 14.9. The predicted octanol–water partition coefficient (Wildman–Crippen LogP) is 5.68. The number of carboxylic acid groups (broad SMARTS) is 1. The molecule has 15 heteroatoms. The summed E-state index contributed by atoms with van der Waals surface area (Å²) in [5, 5.41) is 12.8. The number of nitrogens with one attached hydrogen (secondary N) is 1. The van der Waals surface area contributed by atoms with Crippen molar-refractivity contribution < 1.29 is 36.2 Å². The minimum Gasteiger partial charge on any atom is -0.465 e. The highest BCUT2D eigenvalue weighted by atomic mass is 32.2. The summed E-state index contributed by atoms with van der Waals surface area (Å²) < 4.78 is 85.6. The van der Waals surface area contributed by atoms with Gasteiger partial charge in [-0.15, -0.1) is 11.8 Å². The number of alkyl halides is 5. The first-order chi connectivity index (χ1) is 21.2. The summed E-state index contributed by atoms with van der Waals surface area (Å²) in [6.07, 6.45) is -8.04. The van der Waals surface area contributed by atoms with Crippen LogP contribution in [0.1, 0.15) is 37.6 Å². The van der Waals surface area contributed by atoms with Crippen LogP contribution in [-0.2, 0) is 12.7 Å². The van der Waals surface area contributed by atoms with Gasteiger partial charge in [0.05, 0.1) is 35.4 Å². The number of piperazine rings is 1. The lowest BCUT2D eigenvalue weighted by Gasteiger charge is -2.42. The van der Waals surface area contributed by atoms with E-state index in [-0.39, 0.29) is 69.5 Å². The van der Waals surface area contributed by atoms with Crippen LogP contribution in [0, 0.1) is 11.7 Å². The highest BCUT2D eigenvalue weighted by molar-refractivity contribution is 8.00. The van der Waals surface area contributed by atoms with Crippen molar-refractivity contribution in [2.24, 2.45) is 5.92 Å². The zero-order chi connectivity index (χ0) is 32.4. The van der Waals surface area contributed by atoms with E-state index in [4.69, 9.17) is 0 Å². The zero-order valence-electron chi connectivity index (χ0n) is 24.3. The average Bonchev–Trinajstić information content (AvgIpc) is 2.94. The lowest BCUT2D eigenvalue weighted by Crippen LogP contribution is -2.58. The smallest absolute Gasteiger partial charge is 0.417 e. The number of amides is 1. The second-order valence-corrected chi connectivity index (χ2v) is 13.4. The molecule has 3 aromatic rings. The third-order valence-corrected chi connectivity index (χ3v) is 10.1. The molecule has 3 unspecified atom stereocenters. The van der Waals surface area contributed by atoms with Crippen molar-refractivity contribution in [3.63, 3.8) is 0 Å². The van der Waals surface area contributed by atoms with Gasteiger partial charge in [0.1, 0.15) is 5.82 Å². The molecule has 0 bridgehead atoms. The molecular weight excluding hydrogens is 624 g/mol. The molecule has 4 heterocycles. The topological polar surface area (TPSA) is 90.7 Å². The van der Waals surface area contributed by atoms with Crippen LogP contribution in [-0.4, -0.2) is 80.5 Å². The second kappa shape index (κ2) is 11.8. The molecule has 4 atom stereocenters. The number of aromatic nitrogens is 2. The number of rotatable bonds is 6. The molecule has 3 aliphatic rings. The van der Waals surface area contributed by atoms with Gasteiger partial charge in [0.15, 0.2) is 0 Å². The summed E-state index contributed by atoms with van der Waals surface area (Å²) in [4.78, 5) is 33.0. The monoisotopic (exact) mass is 655 g/mol. The van der Waals surface area contributed by atoms with E-state index in [0.29, 0.717) is 19.5 Å². The molecule has 2 aromatic carbocycles. The SMILES string of the molecule is CC1CN(C(=O)O)[C@@H](C)C(c2nc(=O)n3c4c(c(-c5ccc(F)cc5)c(C(F)(F)F)cc24)SC(CC2CN(CC(F)F)C2)C3)N1. The van der Waals surface area contributed by atoms with Gasteiger partial charge in [-0.1, -0.05) is 12.1 Å². The second-order valence-electron chi connectivity index (χ2n) is 12.1. The van der Waals surface area contributed by atoms with E-state index in [9.17, 15) is 41.0 Å². The molecule has 45 heavy (non-hydrogen) atoms. The molecule has 6 rings (SSSR count). The van der Waals surface area contributed by atoms with Gasteiger partial charge < -0.3 is 15.3 Å². The van der Waals surface area contributed by atoms with Gasteiger partial charge in [0.2, 0.25) is 0 Å². The van der Waals surface area contributed by atoms with Gasteiger partial charge in [0.25, 0.3) is 6.43 Å². The molecule has 0 saturated carbocycles.